The van der Waals surface area contributed by atoms with Gasteiger partial charge in [0.1, 0.15) is 0 Å². The van der Waals surface area contributed by atoms with Crippen LogP contribution in [-0.2, 0) is 0 Å². The fraction of sp³-hybridized carbons (Fsp3) is 0.125. The minimum atomic E-state index is -0.369. The van der Waals surface area contributed by atoms with Gasteiger partial charge >= 0.3 is 0 Å². The SMILES string of the molecule is CSc1ccc(SC(N)=O)cc1. The number of primary amides is 1. The van der Waals surface area contributed by atoms with Gasteiger partial charge in [-0.3, -0.25) is 4.79 Å². The lowest BCUT2D eigenvalue weighted by Crippen LogP contribution is -2.01. The number of thioether (sulfide) groups is 2. The third kappa shape index (κ3) is 2.79. The van der Waals surface area contributed by atoms with Gasteiger partial charge in [-0.15, -0.1) is 11.8 Å². The Balaban J connectivity index is 2.71. The average molecular weight is 199 g/mol. The molecule has 0 aliphatic carbocycles. The van der Waals surface area contributed by atoms with Gasteiger partial charge in [0, 0.05) is 9.79 Å². The predicted octanol–water partition coefficient (Wildman–Crippen LogP) is 2.58. The van der Waals surface area contributed by atoms with Crippen molar-refractivity contribution in [1.29, 1.82) is 0 Å². The highest BCUT2D eigenvalue weighted by Crippen LogP contribution is 2.21. The van der Waals surface area contributed by atoms with Crippen molar-refractivity contribution in [2.75, 3.05) is 6.26 Å². The first-order valence-electron chi connectivity index (χ1n) is 3.33. The zero-order chi connectivity index (χ0) is 8.97. The van der Waals surface area contributed by atoms with Crippen LogP contribution in [0.1, 0.15) is 0 Å². The minimum Gasteiger partial charge on any atom is -0.360 e. The maximum absolute atomic E-state index is 10.5. The molecule has 2 nitrogen and oxygen atoms in total. The van der Waals surface area contributed by atoms with Crippen LogP contribution in [-0.4, -0.2) is 11.5 Å². The van der Waals surface area contributed by atoms with E-state index in [2.05, 4.69) is 0 Å². The number of rotatable bonds is 2. The Morgan fingerprint density at radius 2 is 1.75 bits per heavy atom. The van der Waals surface area contributed by atoms with E-state index in [9.17, 15) is 4.79 Å². The third-order valence-electron chi connectivity index (χ3n) is 1.28. The molecule has 0 heterocycles. The Hall–Kier alpha value is -0.610. The van der Waals surface area contributed by atoms with Gasteiger partial charge in [-0.25, -0.2) is 0 Å². The maximum Gasteiger partial charge on any atom is 0.281 e. The molecule has 1 aromatic carbocycles. The molecule has 0 aliphatic heterocycles. The zero-order valence-corrected chi connectivity index (χ0v) is 8.24. The van der Waals surface area contributed by atoms with Crippen molar-refractivity contribution in [3.63, 3.8) is 0 Å². The summed E-state index contributed by atoms with van der Waals surface area (Å²) in [5, 5.41) is -0.369. The van der Waals surface area contributed by atoms with E-state index < -0.39 is 0 Å². The predicted molar refractivity (Wildman–Crippen MR) is 53.7 cm³/mol. The van der Waals surface area contributed by atoms with Crippen molar-refractivity contribution in [2.45, 2.75) is 9.79 Å². The molecular formula is C8H9NOS2. The second-order valence-electron chi connectivity index (χ2n) is 2.10. The van der Waals surface area contributed by atoms with Crippen LogP contribution in [0.25, 0.3) is 0 Å². The van der Waals surface area contributed by atoms with Gasteiger partial charge in [0.15, 0.2) is 0 Å². The lowest BCUT2D eigenvalue weighted by molar-refractivity contribution is 0.267. The zero-order valence-electron chi connectivity index (χ0n) is 6.61. The molecule has 0 unspecified atom stereocenters. The summed E-state index contributed by atoms with van der Waals surface area (Å²) in [5.74, 6) is 0. The summed E-state index contributed by atoms with van der Waals surface area (Å²) < 4.78 is 0. The first-order valence-corrected chi connectivity index (χ1v) is 5.38. The van der Waals surface area contributed by atoms with Gasteiger partial charge in [0.25, 0.3) is 5.24 Å². The Labute approximate surface area is 79.9 Å². The van der Waals surface area contributed by atoms with Crippen molar-refractivity contribution < 1.29 is 4.79 Å². The second-order valence-corrected chi connectivity index (χ2v) is 4.05. The molecule has 0 spiro atoms. The molecule has 64 valence electrons. The summed E-state index contributed by atoms with van der Waals surface area (Å²) in [4.78, 5) is 12.6. The number of hydrogen-bond donors (Lipinski definition) is 1. The van der Waals surface area contributed by atoms with Crippen LogP contribution in [0.5, 0.6) is 0 Å². The molecule has 4 heteroatoms. The van der Waals surface area contributed by atoms with Gasteiger partial charge in [0.05, 0.1) is 0 Å². The van der Waals surface area contributed by atoms with Gasteiger partial charge < -0.3 is 5.73 Å². The van der Waals surface area contributed by atoms with E-state index >= 15 is 0 Å². The van der Waals surface area contributed by atoms with Crippen molar-refractivity contribution in [1.82, 2.24) is 0 Å². The number of nitrogens with two attached hydrogens (primary N) is 1. The molecule has 0 saturated carbocycles. The van der Waals surface area contributed by atoms with Crippen LogP contribution in [0.4, 0.5) is 4.79 Å². The molecule has 2 N–H and O–H groups in total. The highest BCUT2D eigenvalue weighted by atomic mass is 32.2. The molecule has 1 amide bonds. The fourth-order valence-corrected chi connectivity index (χ4v) is 1.67. The molecule has 1 aromatic rings. The standard InChI is InChI=1S/C8H9NOS2/c1-11-6-2-4-7(5-3-6)12-8(9)10/h2-5H,1H3,(H2,9,10). The van der Waals surface area contributed by atoms with Crippen LogP contribution >= 0.6 is 23.5 Å². The smallest absolute Gasteiger partial charge is 0.281 e. The number of benzene rings is 1. The summed E-state index contributed by atoms with van der Waals surface area (Å²) in [6.45, 7) is 0. The Morgan fingerprint density at radius 3 is 2.17 bits per heavy atom. The lowest BCUT2D eigenvalue weighted by Gasteiger charge is -1.98. The van der Waals surface area contributed by atoms with Crippen LogP contribution in [0.3, 0.4) is 0 Å². The van der Waals surface area contributed by atoms with Gasteiger partial charge in [-0.2, -0.15) is 0 Å². The first-order chi connectivity index (χ1) is 5.72. The van der Waals surface area contributed by atoms with Crippen molar-refractivity contribution >= 4 is 28.8 Å². The van der Waals surface area contributed by atoms with Crippen molar-refractivity contribution in [2.24, 2.45) is 5.73 Å². The minimum absolute atomic E-state index is 0.369. The van der Waals surface area contributed by atoms with Crippen molar-refractivity contribution in [3.05, 3.63) is 24.3 Å². The van der Waals surface area contributed by atoms with E-state index in [0.717, 1.165) is 16.7 Å². The van der Waals surface area contributed by atoms with E-state index in [1.165, 1.54) is 4.90 Å². The summed E-state index contributed by atoms with van der Waals surface area (Å²) >= 11 is 2.72. The molecule has 0 aromatic heterocycles. The number of carbonyl (C=O) groups is 1. The van der Waals surface area contributed by atoms with E-state index in [-0.39, 0.29) is 5.24 Å². The van der Waals surface area contributed by atoms with E-state index in [1.807, 2.05) is 30.5 Å². The third-order valence-corrected chi connectivity index (χ3v) is 2.73. The summed E-state index contributed by atoms with van der Waals surface area (Å²) in [7, 11) is 0. The number of carbonyl (C=O) groups excluding carboxylic acids is 1. The van der Waals surface area contributed by atoms with Gasteiger partial charge in [-0.05, 0) is 42.3 Å². The molecule has 0 saturated heterocycles. The Bertz CT molecular complexity index is 271. The Morgan fingerprint density at radius 1 is 1.25 bits per heavy atom. The molecule has 0 radical (unpaired) electrons. The monoisotopic (exact) mass is 199 g/mol. The summed E-state index contributed by atoms with van der Waals surface area (Å²) in [5.41, 5.74) is 5.01. The highest BCUT2D eigenvalue weighted by Gasteiger charge is 1.98. The highest BCUT2D eigenvalue weighted by molar-refractivity contribution is 8.13. The average Bonchev–Trinajstić information content (AvgIpc) is 2.05. The van der Waals surface area contributed by atoms with E-state index in [0.29, 0.717) is 0 Å². The van der Waals surface area contributed by atoms with Gasteiger partial charge in [0.2, 0.25) is 0 Å². The summed E-state index contributed by atoms with van der Waals surface area (Å²) in [6, 6.07) is 7.72. The lowest BCUT2D eigenvalue weighted by atomic mass is 10.4. The topological polar surface area (TPSA) is 43.1 Å². The normalized spacial score (nSPS) is 9.75. The molecule has 1 rings (SSSR count). The van der Waals surface area contributed by atoms with Crippen LogP contribution < -0.4 is 5.73 Å². The van der Waals surface area contributed by atoms with Crippen LogP contribution in [0.2, 0.25) is 0 Å². The molecule has 0 fully saturated rings. The molecular weight excluding hydrogens is 190 g/mol. The fourth-order valence-electron chi connectivity index (χ4n) is 0.760. The Kier molecular flexibility index (Phi) is 3.49. The van der Waals surface area contributed by atoms with Crippen molar-refractivity contribution in [3.8, 4) is 0 Å². The quantitative estimate of drug-likeness (QED) is 0.744. The van der Waals surface area contributed by atoms with E-state index in [4.69, 9.17) is 5.73 Å². The largest absolute Gasteiger partial charge is 0.360 e. The summed E-state index contributed by atoms with van der Waals surface area (Å²) in [6.07, 6.45) is 2.01. The van der Waals surface area contributed by atoms with E-state index in [1.54, 1.807) is 11.8 Å². The molecule has 0 atom stereocenters. The maximum atomic E-state index is 10.5. The molecule has 0 aliphatic rings. The van der Waals surface area contributed by atoms with Crippen LogP contribution in [0, 0.1) is 0 Å². The molecule has 12 heavy (non-hydrogen) atoms. The second kappa shape index (κ2) is 4.42. The number of amides is 1. The number of hydrogen-bond acceptors (Lipinski definition) is 3. The molecule has 0 bridgehead atoms. The van der Waals surface area contributed by atoms with Crippen LogP contribution in [0.15, 0.2) is 34.1 Å². The first kappa shape index (κ1) is 9.48. The van der Waals surface area contributed by atoms with Gasteiger partial charge in [-0.1, -0.05) is 0 Å².